The zero-order valence-electron chi connectivity index (χ0n) is 10.2. The Labute approximate surface area is 120 Å². The van der Waals surface area contributed by atoms with E-state index < -0.39 is 0 Å². The van der Waals surface area contributed by atoms with Gasteiger partial charge in [-0.25, -0.2) is 0 Å². The molecule has 0 bridgehead atoms. The van der Waals surface area contributed by atoms with Crippen molar-refractivity contribution in [2.24, 2.45) is 11.7 Å². The Morgan fingerprint density at radius 1 is 1.29 bits per heavy atom. The summed E-state index contributed by atoms with van der Waals surface area (Å²) in [5.41, 5.74) is 7.38. The molecule has 1 aromatic carbocycles. The number of benzene rings is 1. The van der Waals surface area contributed by atoms with Crippen molar-refractivity contribution in [1.82, 2.24) is 0 Å². The molecule has 0 spiro atoms. The molecule has 1 heterocycles. The van der Waals surface area contributed by atoms with E-state index in [1.807, 2.05) is 0 Å². The first-order valence-corrected chi connectivity index (χ1v) is 7.56. The maximum atomic E-state index is 6.13. The van der Waals surface area contributed by atoms with E-state index in [0.717, 1.165) is 21.9 Å². The monoisotopic (exact) mass is 360 g/mol. The second-order valence-corrected chi connectivity index (χ2v) is 6.61. The van der Waals surface area contributed by atoms with E-state index in [9.17, 15) is 0 Å². The summed E-state index contributed by atoms with van der Waals surface area (Å²) in [5.74, 6) is 0.523. The molecular weight excluding hydrogens is 344 g/mol. The van der Waals surface area contributed by atoms with Gasteiger partial charge in [-0.3, -0.25) is 0 Å². The summed E-state index contributed by atoms with van der Waals surface area (Å²) in [7, 11) is 0. The van der Waals surface area contributed by atoms with Crippen LogP contribution in [0.2, 0.25) is 0 Å². The maximum Gasteiger partial charge on any atom is 0.0524 e. The third kappa shape index (κ3) is 2.69. The quantitative estimate of drug-likeness (QED) is 0.824. The van der Waals surface area contributed by atoms with Crippen LogP contribution in [0.15, 0.2) is 27.1 Å². The van der Waals surface area contributed by atoms with Crippen molar-refractivity contribution >= 4 is 37.5 Å². The fourth-order valence-corrected chi connectivity index (χ4v) is 3.27. The van der Waals surface area contributed by atoms with Crippen LogP contribution in [0.1, 0.15) is 20.3 Å². The molecule has 1 saturated heterocycles. The lowest BCUT2D eigenvalue weighted by atomic mass is 9.87. The normalized spacial score (nSPS) is 29.5. The molecule has 0 radical (unpaired) electrons. The van der Waals surface area contributed by atoms with E-state index in [2.05, 4.69) is 68.8 Å². The van der Waals surface area contributed by atoms with Crippen LogP contribution in [0.5, 0.6) is 0 Å². The Morgan fingerprint density at radius 2 is 2.00 bits per heavy atom. The predicted octanol–water partition coefficient (Wildman–Crippen LogP) is 3.77. The van der Waals surface area contributed by atoms with Crippen molar-refractivity contribution in [3.05, 3.63) is 27.1 Å². The van der Waals surface area contributed by atoms with Crippen LogP contribution >= 0.6 is 31.9 Å². The molecule has 3 unspecified atom stereocenters. The minimum atomic E-state index is 0.326. The summed E-state index contributed by atoms with van der Waals surface area (Å²) in [5, 5.41) is 0. The number of nitrogens with zero attached hydrogens (tertiary/aromatic N) is 1. The highest BCUT2D eigenvalue weighted by Crippen LogP contribution is 2.34. The second kappa shape index (κ2) is 5.29. The molecule has 1 fully saturated rings. The first-order valence-electron chi connectivity index (χ1n) is 5.98. The van der Waals surface area contributed by atoms with E-state index in [1.54, 1.807) is 0 Å². The molecule has 4 heteroatoms. The molecule has 2 nitrogen and oxygen atoms in total. The van der Waals surface area contributed by atoms with Crippen LogP contribution in [0, 0.1) is 5.92 Å². The fraction of sp³-hybridized carbons (Fsp3) is 0.538. The molecule has 94 valence electrons. The highest BCUT2D eigenvalue weighted by molar-refractivity contribution is 9.11. The molecular formula is C13H18Br2N2. The van der Waals surface area contributed by atoms with E-state index in [4.69, 9.17) is 5.73 Å². The van der Waals surface area contributed by atoms with Gasteiger partial charge in [0.25, 0.3) is 0 Å². The number of nitrogens with two attached hydrogens (primary N) is 1. The summed E-state index contributed by atoms with van der Waals surface area (Å²) in [6.45, 7) is 5.53. The van der Waals surface area contributed by atoms with Crippen LogP contribution in [0.25, 0.3) is 0 Å². The largest absolute Gasteiger partial charge is 0.367 e. The van der Waals surface area contributed by atoms with Gasteiger partial charge >= 0.3 is 0 Å². The lowest BCUT2D eigenvalue weighted by molar-refractivity contribution is 0.315. The van der Waals surface area contributed by atoms with Crippen molar-refractivity contribution in [2.45, 2.75) is 32.4 Å². The Bertz CT molecular complexity index is 408. The number of anilines is 1. The Morgan fingerprint density at radius 3 is 2.71 bits per heavy atom. The molecule has 1 aliphatic heterocycles. The van der Waals surface area contributed by atoms with Crippen molar-refractivity contribution in [3.8, 4) is 0 Å². The summed E-state index contributed by atoms with van der Waals surface area (Å²) >= 11 is 7.17. The van der Waals surface area contributed by atoms with Crippen molar-refractivity contribution in [3.63, 3.8) is 0 Å². The molecule has 2 N–H and O–H groups in total. The Kier molecular flexibility index (Phi) is 4.16. The standard InChI is InChI=1S/C13H18Br2N2/c1-8-9(2)17(6-5-12(8)16)13-7-10(14)3-4-11(13)15/h3-4,7-9,12H,5-6,16H2,1-2H3. The number of rotatable bonds is 1. The van der Waals surface area contributed by atoms with Gasteiger partial charge in [0.05, 0.1) is 5.69 Å². The van der Waals surface area contributed by atoms with Gasteiger partial charge in [0.1, 0.15) is 0 Å². The average Bonchev–Trinajstić information content (AvgIpc) is 2.30. The molecule has 0 aliphatic carbocycles. The molecule has 2 rings (SSSR count). The Balaban J connectivity index is 2.30. The topological polar surface area (TPSA) is 29.3 Å². The van der Waals surface area contributed by atoms with Gasteiger partial charge in [0.2, 0.25) is 0 Å². The first-order chi connectivity index (χ1) is 8.00. The van der Waals surface area contributed by atoms with Gasteiger partial charge in [-0.05, 0) is 53.4 Å². The maximum absolute atomic E-state index is 6.13. The van der Waals surface area contributed by atoms with Gasteiger partial charge in [-0.1, -0.05) is 22.9 Å². The van der Waals surface area contributed by atoms with Gasteiger partial charge in [0.15, 0.2) is 0 Å². The van der Waals surface area contributed by atoms with Crippen LogP contribution in [0.3, 0.4) is 0 Å². The minimum absolute atomic E-state index is 0.326. The Hall–Kier alpha value is -0.0600. The van der Waals surface area contributed by atoms with Crippen molar-refractivity contribution in [1.29, 1.82) is 0 Å². The summed E-state index contributed by atoms with van der Waals surface area (Å²) in [6.07, 6.45) is 1.06. The summed E-state index contributed by atoms with van der Waals surface area (Å²) in [6, 6.07) is 7.11. The molecule has 3 atom stereocenters. The van der Waals surface area contributed by atoms with Crippen LogP contribution in [-0.2, 0) is 0 Å². The lowest BCUT2D eigenvalue weighted by Gasteiger charge is -2.43. The first kappa shape index (κ1) is 13.4. The van der Waals surface area contributed by atoms with Crippen molar-refractivity contribution in [2.75, 3.05) is 11.4 Å². The smallest absolute Gasteiger partial charge is 0.0524 e. The fourth-order valence-electron chi connectivity index (χ4n) is 2.44. The molecule has 1 aromatic rings. The van der Waals surface area contributed by atoms with Gasteiger partial charge in [-0.15, -0.1) is 0 Å². The van der Waals surface area contributed by atoms with Crippen LogP contribution in [0.4, 0.5) is 5.69 Å². The highest BCUT2D eigenvalue weighted by Gasteiger charge is 2.31. The molecule has 17 heavy (non-hydrogen) atoms. The second-order valence-electron chi connectivity index (χ2n) is 4.84. The average molecular weight is 362 g/mol. The number of hydrogen-bond donors (Lipinski definition) is 1. The van der Waals surface area contributed by atoms with E-state index in [-0.39, 0.29) is 0 Å². The van der Waals surface area contributed by atoms with E-state index >= 15 is 0 Å². The molecule has 1 aliphatic rings. The lowest BCUT2D eigenvalue weighted by Crippen LogP contribution is -2.52. The number of halogens is 2. The SMILES string of the molecule is CC1C(N)CCN(c2cc(Br)ccc2Br)C1C. The molecule has 0 amide bonds. The summed E-state index contributed by atoms with van der Waals surface area (Å²) in [4.78, 5) is 2.45. The minimum Gasteiger partial charge on any atom is -0.367 e. The zero-order valence-corrected chi connectivity index (χ0v) is 13.3. The van der Waals surface area contributed by atoms with Crippen LogP contribution in [-0.4, -0.2) is 18.6 Å². The molecule has 0 aromatic heterocycles. The predicted molar refractivity (Wildman–Crippen MR) is 80.4 cm³/mol. The van der Waals surface area contributed by atoms with E-state index in [1.165, 1.54) is 5.69 Å². The number of piperidine rings is 1. The van der Waals surface area contributed by atoms with E-state index in [0.29, 0.717) is 18.0 Å². The van der Waals surface area contributed by atoms with Gasteiger partial charge in [-0.2, -0.15) is 0 Å². The van der Waals surface area contributed by atoms with Gasteiger partial charge in [0, 0.05) is 27.6 Å². The molecule has 0 saturated carbocycles. The van der Waals surface area contributed by atoms with Crippen molar-refractivity contribution < 1.29 is 0 Å². The highest BCUT2D eigenvalue weighted by atomic mass is 79.9. The van der Waals surface area contributed by atoms with Gasteiger partial charge < -0.3 is 10.6 Å². The van der Waals surface area contributed by atoms with Crippen LogP contribution < -0.4 is 10.6 Å². The summed E-state index contributed by atoms with van der Waals surface area (Å²) < 4.78 is 2.26. The zero-order chi connectivity index (χ0) is 12.6. The number of hydrogen-bond acceptors (Lipinski definition) is 2. The third-order valence-electron chi connectivity index (χ3n) is 3.85. The third-order valence-corrected chi connectivity index (χ3v) is 5.01.